The normalized spacial score (nSPS) is 25.4. The summed E-state index contributed by atoms with van der Waals surface area (Å²) in [6.07, 6.45) is 5.23. The molecule has 2 aliphatic rings. The lowest BCUT2D eigenvalue weighted by molar-refractivity contribution is 0.0518. The number of aliphatic hydroxyl groups excluding tert-OH is 1. The molecule has 128 valence electrons. The van der Waals surface area contributed by atoms with Gasteiger partial charge in [0.25, 0.3) is 0 Å². The van der Waals surface area contributed by atoms with Crippen LogP contribution in [-0.2, 0) is 0 Å². The van der Waals surface area contributed by atoms with Gasteiger partial charge < -0.3 is 20.2 Å². The number of rotatable bonds is 6. The molecule has 0 saturated carbocycles. The number of piperidine rings is 1. The highest BCUT2D eigenvalue weighted by Crippen LogP contribution is 2.34. The van der Waals surface area contributed by atoms with Crippen molar-refractivity contribution in [2.75, 3.05) is 45.9 Å². The van der Waals surface area contributed by atoms with Crippen LogP contribution in [-0.4, -0.2) is 66.8 Å². The number of likely N-dealkylation sites (tertiary alicyclic amines) is 2. The van der Waals surface area contributed by atoms with Gasteiger partial charge >= 0.3 is 6.03 Å². The Labute approximate surface area is 135 Å². The zero-order valence-corrected chi connectivity index (χ0v) is 14.3. The Kier molecular flexibility index (Phi) is 6.50. The third-order valence-corrected chi connectivity index (χ3v) is 5.65. The lowest BCUT2D eigenvalue weighted by Crippen LogP contribution is -2.49. The number of nitrogens with one attached hydrogen (secondary N) is 1. The van der Waals surface area contributed by atoms with Crippen LogP contribution in [0.15, 0.2) is 0 Å². The highest BCUT2D eigenvalue weighted by atomic mass is 16.3. The van der Waals surface area contributed by atoms with E-state index in [4.69, 9.17) is 0 Å². The second-order valence-electron chi connectivity index (χ2n) is 7.14. The summed E-state index contributed by atoms with van der Waals surface area (Å²) in [6, 6.07) is 0.0802. The van der Waals surface area contributed by atoms with E-state index in [1.807, 2.05) is 4.90 Å². The van der Waals surface area contributed by atoms with Crippen molar-refractivity contribution in [2.24, 2.45) is 11.3 Å². The fourth-order valence-corrected chi connectivity index (χ4v) is 3.75. The van der Waals surface area contributed by atoms with Crippen LogP contribution in [0.25, 0.3) is 0 Å². The molecule has 5 heteroatoms. The number of urea groups is 1. The van der Waals surface area contributed by atoms with Crippen LogP contribution >= 0.6 is 0 Å². The Morgan fingerprint density at radius 1 is 1.27 bits per heavy atom. The van der Waals surface area contributed by atoms with Crippen molar-refractivity contribution in [3.05, 3.63) is 0 Å². The van der Waals surface area contributed by atoms with E-state index in [0.29, 0.717) is 5.92 Å². The van der Waals surface area contributed by atoms with E-state index < -0.39 is 0 Å². The molecule has 2 saturated heterocycles. The van der Waals surface area contributed by atoms with Crippen molar-refractivity contribution in [1.29, 1.82) is 0 Å². The fourth-order valence-electron chi connectivity index (χ4n) is 3.75. The Morgan fingerprint density at radius 2 is 2.00 bits per heavy atom. The molecule has 0 aromatic rings. The summed E-state index contributed by atoms with van der Waals surface area (Å²) in [6.45, 7) is 10.4. The van der Waals surface area contributed by atoms with Gasteiger partial charge in [0.1, 0.15) is 0 Å². The van der Waals surface area contributed by atoms with Crippen LogP contribution in [0.1, 0.15) is 46.0 Å². The summed E-state index contributed by atoms with van der Waals surface area (Å²) in [5.41, 5.74) is 0.0445. The van der Waals surface area contributed by atoms with Crippen LogP contribution in [0.3, 0.4) is 0 Å². The number of nitrogens with zero attached hydrogens (tertiary/aromatic N) is 2. The Balaban J connectivity index is 1.68. The fraction of sp³-hybridized carbons (Fsp3) is 0.941. The maximum absolute atomic E-state index is 12.3. The third-order valence-electron chi connectivity index (χ3n) is 5.65. The zero-order valence-electron chi connectivity index (χ0n) is 14.3. The van der Waals surface area contributed by atoms with Gasteiger partial charge in [-0.05, 0) is 56.5 Å². The molecule has 0 aromatic carbocycles. The van der Waals surface area contributed by atoms with E-state index in [2.05, 4.69) is 24.1 Å². The molecular weight excluding hydrogens is 278 g/mol. The SMILES string of the molecule is CCCN1CCC(CNC(=O)N2CCC(CC)(CO)CC2)C1. The van der Waals surface area contributed by atoms with E-state index >= 15 is 0 Å². The summed E-state index contributed by atoms with van der Waals surface area (Å²) >= 11 is 0. The minimum atomic E-state index is 0.0445. The number of carbonyl (C=O) groups is 1. The van der Waals surface area contributed by atoms with Gasteiger partial charge in [-0.15, -0.1) is 0 Å². The minimum Gasteiger partial charge on any atom is -0.396 e. The third kappa shape index (κ3) is 4.35. The van der Waals surface area contributed by atoms with Gasteiger partial charge in [-0.25, -0.2) is 4.79 Å². The van der Waals surface area contributed by atoms with Crippen LogP contribution in [0, 0.1) is 11.3 Å². The van der Waals surface area contributed by atoms with Crippen LogP contribution in [0.5, 0.6) is 0 Å². The van der Waals surface area contributed by atoms with E-state index in [-0.39, 0.29) is 18.1 Å². The number of hydrogen-bond acceptors (Lipinski definition) is 3. The molecule has 5 nitrogen and oxygen atoms in total. The molecule has 0 spiro atoms. The smallest absolute Gasteiger partial charge is 0.317 e. The predicted molar refractivity (Wildman–Crippen MR) is 88.9 cm³/mol. The second-order valence-corrected chi connectivity index (χ2v) is 7.14. The zero-order chi connectivity index (χ0) is 16.0. The monoisotopic (exact) mass is 311 g/mol. The highest BCUT2D eigenvalue weighted by molar-refractivity contribution is 5.74. The summed E-state index contributed by atoms with van der Waals surface area (Å²) < 4.78 is 0. The molecule has 2 N–H and O–H groups in total. The Bertz CT molecular complexity index is 348. The molecule has 1 atom stereocenters. The maximum Gasteiger partial charge on any atom is 0.317 e. The topological polar surface area (TPSA) is 55.8 Å². The van der Waals surface area contributed by atoms with E-state index in [1.165, 1.54) is 25.9 Å². The molecule has 1 unspecified atom stereocenters. The van der Waals surface area contributed by atoms with E-state index in [0.717, 1.165) is 45.4 Å². The molecule has 2 heterocycles. The first kappa shape index (κ1) is 17.5. The van der Waals surface area contributed by atoms with Crippen LogP contribution < -0.4 is 5.32 Å². The molecule has 0 radical (unpaired) electrons. The number of aliphatic hydroxyl groups is 1. The van der Waals surface area contributed by atoms with Crippen LogP contribution in [0.4, 0.5) is 4.79 Å². The number of amides is 2. The number of carbonyl (C=O) groups excluding carboxylic acids is 1. The highest BCUT2D eigenvalue weighted by Gasteiger charge is 2.34. The average Bonchev–Trinajstić information content (AvgIpc) is 3.01. The number of hydrogen-bond donors (Lipinski definition) is 2. The first-order valence-corrected chi connectivity index (χ1v) is 8.98. The molecule has 2 rings (SSSR count). The van der Waals surface area contributed by atoms with Crippen LogP contribution in [0.2, 0.25) is 0 Å². The van der Waals surface area contributed by atoms with Crippen molar-refractivity contribution in [3.8, 4) is 0 Å². The van der Waals surface area contributed by atoms with Gasteiger partial charge in [0.05, 0.1) is 0 Å². The molecule has 2 amide bonds. The quantitative estimate of drug-likeness (QED) is 0.788. The van der Waals surface area contributed by atoms with Gasteiger partial charge in [0.15, 0.2) is 0 Å². The van der Waals surface area contributed by atoms with Crippen molar-refractivity contribution in [2.45, 2.75) is 46.0 Å². The maximum atomic E-state index is 12.3. The van der Waals surface area contributed by atoms with Gasteiger partial charge in [0.2, 0.25) is 0 Å². The van der Waals surface area contributed by atoms with Gasteiger partial charge in [-0.2, -0.15) is 0 Å². The van der Waals surface area contributed by atoms with Gasteiger partial charge in [-0.1, -0.05) is 13.8 Å². The van der Waals surface area contributed by atoms with E-state index in [1.54, 1.807) is 0 Å². The summed E-state index contributed by atoms with van der Waals surface area (Å²) in [4.78, 5) is 16.7. The summed E-state index contributed by atoms with van der Waals surface area (Å²) in [7, 11) is 0. The van der Waals surface area contributed by atoms with Gasteiger partial charge in [-0.3, -0.25) is 0 Å². The second kappa shape index (κ2) is 8.16. The summed E-state index contributed by atoms with van der Waals surface area (Å²) in [5, 5.41) is 12.7. The minimum absolute atomic E-state index is 0.0445. The van der Waals surface area contributed by atoms with E-state index in [9.17, 15) is 9.90 Å². The van der Waals surface area contributed by atoms with Crippen molar-refractivity contribution in [1.82, 2.24) is 15.1 Å². The molecule has 0 aliphatic carbocycles. The predicted octanol–water partition coefficient (Wildman–Crippen LogP) is 1.91. The Hall–Kier alpha value is -0.810. The van der Waals surface area contributed by atoms with Gasteiger partial charge in [0, 0.05) is 32.8 Å². The standard InChI is InChI=1S/C17H33N3O2/c1-3-8-19-9-5-15(13-19)12-18-16(22)20-10-6-17(4-2,14-21)7-11-20/h15,21H,3-14H2,1-2H3,(H,18,22). The molecule has 22 heavy (non-hydrogen) atoms. The first-order chi connectivity index (χ1) is 10.6. The molecular formula is C17H33N3O2. The van der Waals surface area contributed by atoms with Crippen molar-refractivity contribution >= 4 is 6.03 Å². The lowest BCUT2D eigenvalue weighted by atomic mass is 9.77. The lowest BCUT2D eigenvalue weighted by Gasteiger charge is -2.40. The molecule has 0 aromatic heterocycles. The Morgan fingerprint density at radius 3 is 2.59 bits per heavy atom. The van der Waals surface area contributed by atoms with Crippen molar-refractivity contribution < 1.29 is 9.90 Å². The molecule has 2 aliphatic heterocycles. The summed E-state index contributed by atoms with van der Waals surface area (Å²) in [5.74, 6) is 0.604. The van der Waals surface area contributed by atoms with Crippen molar-refractivity contribution in [3.63, 3.8) is 0 Å². The first-order valence-electron chi connectivity index (χ1n) is 8.98. The molecule has 2 fully saturated rings. The average molecular weight is 311 g/mol. The largest absolute Gasteiger partial charge is 0.396 e. The molecule has 0 bridgehead atoms.